The van der Waals surface area contributed by atoms with E-state index in [0.717, 1.165) is 22.2 Å². The second-order valence-electron chi connectivity index (χ2n) is 6.79. The van der Waals surface area contributed by atoms with E-state index in [-0.39, 0.29) is 18.6 Å². The van der Waals surface area contributed by atoms with E-state index in [1.807, 2.05) is 30.3 Å². The lowest BCUT2D eigenvalue weighted by atomic mass is 9.86. The lowest BCUT2D eigenvalue weighted by Gasteiger charge is -2.31. The van der Waals surface area contributed by atoms with Crippen molar-refractivity contribution in [1.29, 1.82) is 0 Å². The van der Waals surface area contributed by atoms with E-state index < -0.39 is 11.6 Å². The minimum atomic E-state index is -1.79. The van der Waals surface area contributed by atoms with Gasteiger partial charge in [0, 0.05) is 16.5 Å². The number of hydrogen-bond acceptors (Lipinski definition) is 5. The molecule has 0 bridgehead atoms. The summed E-state index contributed by atoms with van der Waals surface area (Å²) in [5, 5.41) is 11.8. The molecule has 2 aliphatic rings. The first-order valence-corrected chi connectivity index (χ1v) is 8.59. The maximum absolute atomic E-state index is 13.0. The maximum atomic E-state index is 13.0. The minimum Gasteiger partial charge on any atom is -0.458 e. The van der Waals surface area contributed by atoms with Gasteiger partial charge in [0.05, 0.1) is 29.0 Å². The van der Waals surface area contributed by atoms with Crippen LogP contribution in [0.1, 0.15) is 30.0 Å². The molecule has 1 atom stereocenters. The fraction of sp³-hybridized carbons (Fsp3) is 0.250. The van der Waals surface area contributed by atoms with Crippen LogP contribution in [-0.2, 0) is 28.3 Å². The summed E-state index contributed by atoms with van der Waals surface area (Å²) in [6.45, 7) is 2.01. The van der Waals surface area contributed by atoms with Gasteiger partial charge in [-0.25, -0.2) is 9.78 Å². The molecule has 0 amide bonds. The predicted octanol–water partition coefficient (Wildman–Crippen LogP) is 2.08. The Hall–Kier alpha value is -2.99. The molecule has 1 aromatic carbocycles. The van der Waals surface area contributed by atoms with Crippen molar-refractivity contribution in [2.75, 3.05) is 0 Å². The number of rotatable bonds is 1. The number of carbonyl (C=O) groups excluding carboxylic acids is 1. The standard InChI is InChI=1S/C20H16N2O4/c1-2-20(25)14-8-16-17-12(7-11-5-3-4-6-15(11)21-17)9-22(16)18(23)13(14)10-26-19(20)24/h3-8,25H,2,9-10H2,1H3/t20-/m1/s1. The molecule has 1 N–H and O–H groups in total. The lowest BCUT2D eigenvalue weighted by molar-refractivity contribution is -0.172. The van der Waals surface area contributed by atoms with Crippen LogP contribution in [0.25, 0.3) is 22.3 Å². The number of benzene rings is 1. The van der Waals surface area contributed by atoms with Crippen molar-refractivity contribution in [2.45, 2.75) is 32.1 Å². The van der Waals surface area contributed by atoms with Crippen LogP contribution in [0.5, 0.6) is 0 Å². The van der Waals surface area contributed by atoms with Gasteiger partial charge in [0.2, 0.25) is 0 Å². The summed E-state index contributed by atoms with van der Waals surface area (Å²) in [7, 11) is 0. The van der Waals surface area contributed by atoms with Gasteiger partial charge in [-0.15, -0.1) is 0 Å². The second kappa shape index (κ2) is 5.02. The van der Waals surface area contributed by atoms with Crippen molar-refractivity contribution < 1.29 is 14.6 Å². The van der Waals surface area contributed by atoms with Gasteiger partial charge in [0.15, 0.2) is 5.60 Å². The molecule has 0 spiro atoms. The second-order valence-corrected chi connectivity index (χ2v) is 6.79. The summed E-state index contributed by atoms with van der Waals surface area (Å²) in [5.74, 6) is -0.707. The third-order valence-electron chi connectivity index (χ3n) is 5.42. The molecule has 130 valence electrons. The molecule has 26 heavy (non-hydrogen) atoms. The minimum absolute atomic E-state index is 0.110. The predicted molar refractivity (Wildman–Crippen MR) is 94.5 cm³/mol. The number of carbonyl (C=O) groups is 1. The first-order valence-electron chi connectivity index (χ1n) is 8.59. The zero-order chi connectivity index (χ0) is 18.1. The van der Waals surface area contributed by atoms with Gasteiger partial charge in [-0.3, -0.25) is 4.79 Å². The Morgan fingerprint density at radius 3 is 2.88 bits per heavy atom. The van der Waals surface area contributed by atoms with Crippen LogP contribution in [0.2, 0.25) is 0 Å². The number of aromatic nitrogens is 2. The molecule has 3 aromatic rings. The summed E-state index contributed by atoms with van der Waals surface area (Å²) in [6.07, 6.45) is 0.139. The molecule has 5 rings (SSSR count). The summed E-state index contributed by atoms with van der Waals surface area (Å²) in [6, 6.07) is 11.6. The fourth-order valence-electron chi connectivity index (χ4n) is 3.93. The van der Waals surface area contributed by atoms with Crippen LogP contribution in [0.3, 0.4) is 0 Å². The third kappa shape index (κ3) is 1.82. The molecular formula is C20H16N2O4. The summed E-state index contributed by atoms with van der Waals surface area (Å²) in [4.78, 5) is 29.9. The van der Waals surface area contributed by atoms with Gasteiger partial charge in [-0.1, -0.05) is 25.1 Å². The highest BCUT2D eigenvalue weighted by molar-refractivity contribution is 5.86. The molecule has 2 aliphatic heterocycles. The van der Waals surface area contributed by atoms with Crippen LogP contribution in [-0.4, -0.2) is 20.6 Å². The fourth-order valence-corrected chi connectivity index (χ4v) is 3.93. The average Bonchev–Trinajstić information content (AvgIpc) is 3.01. The van der Waals surface area contributed by atoms with E-state index >= 15 is 0 Å². The molecule has 6 nitrogen and oxygen atoms in total. The Morgan fingerprint density at radius 2 is 2.08 bits per heavy atom. The zero-order valence-corrected chi connectivity index (χ0v) is 14.2. The molecule has 4 heterocycles. The Bertz CT molecular complexity index is 1160. The van der Waals surface area contributed by atoms with Crippen molar-refractivity contribution >= 4 is 16.9 Å². The van der Waals surface area contributed by atoms with Crippen LogP contribution in [0, 0.1) is 0 Å². The Balaban J connectivity index is 1.81. The Kier molecular flexibility index (Phi) is 2.95. The molecule has 0 aliphatic carbocycles. The summed E-state index contributed by atoms with van der Waals surface area (Å²) < 4.78 is 6.72. The summed E-state index contributed by atoms with van der Waals surface area (Å²) in [5.41, 5.74) is 1.81. The normalized spacial score (nSPS) is 20.5. The topological polar surface area (TPSA) is 81.4 Å². The van der Waals surface area contributed by atoms with E-state index in [1.54, 1.807) is 17.6 Å². The third-order valence-corrected chi connectivity index (χ3v) is 5.42. The number of pyridine rings is 2. The number of cyclic esters (lactones) is 1. The molecule has 6 heteroatoms. The molecule has 0 fully saturated rings. The molecule has 0 saturated carbocycles. The van der Waals surface area contributed by atoms with Crippen LogP contribution in [0.4, 0.5) is 0 Å². The quantitative estimate of drug-likeness (QED) is 0.533. The monoisotopic (exact) mass is 348 g/mol. The zero-order valence-electron chi connectivity index (χ0n) is 14.2. The van der Waals surface area contributed by atoms with Crippen LogP contribution < -0.4 is 5.56 Å². The van der Waals surface area contributed by atoms with E-state index in [4.69, 9.17) is 9.72 Å². The first kappa shape index (κ1) is 15.3. The summed E-state index contributed by atoms with van der Waals surface area (Å²) >= 11 is 0. The smallest absolute Gasteiger partial charge is 0.343 e. The van der Waals surface area contributed by atoms with Crippen molar-refractivity contribution in [3.8, 4) is 11.4 Å². The number of esters is 1. The number of para-hydroxylation sites is 1. The van der Waals surface area contributed by atoms with Gasteiger partial charge in [-0.05, 0) is 24.6 Å². The van der Waals surface area contributed by atoms with Gasteiger partial charge in [-0.2, -0.15) is 0 Å². The average molecular weight is 348 g/mol. The van der Waals surface area contributed by atoms with Crippen molar-refractivity contribution in [3.63, 3.8) is 0 Å². The van der Waals surface area contributed by atoms with Gasteiger partial charge in [0.25, 0.3) is 5.56 Å². The van der Waals surface area contributed by atoms with Crippen molar-refractivity contribution in [2.24, 2.45) is 0 Å². The number of fused-ring (bicyclic) bond motifs is 5. The highest BCUT2D eigenvalue weighted by atomic mass is 16.6. The van der Waals surface area contributed by atoms with Crippen LogP contribution >= 0.6 is 0 Å². The number of aliphatic hydroxyl groups is 1. The van der Waals surface area contributed by atoms with E-state index in [0.29, 0.717) is 23.4 Å². The maximum Gasteiger partial charge on any atom is 0.343 e. The highest BCUT2D eigenvalue weighted by Gasteiger charge is 2.45. The van der Waals surface area contributed by atoms with Gasteiger partial charge >= 0.3 is 5.97 Å². The van der Waals surface area contributed by atoms with Crippen molar-refractivity contribution in [3.05, 3.63) is 63.4 Å². The molecule has 0 unspecified atom stereocenters. The van der Waals surface area contributed by atoms with E-state index in [2.05, 4.69) is 0 Å². The van der Waals surface area contributed by atoms with E-state index in [9.17, 15) is 14.7 Å². The van der Waals surface area contributed by atoms with Crippen LogP contribution in [0.15, 0.2) is 41.2 Å². The van der Waals surface area contributed by atoms with Gasteiger partial charge < -0.3 is 14.4 Å². The van der Waals surface area contributed by atoms with Crippen molar-refractivity contribution in [1.82, 2.24) is 9.55 Å². The number of ether oxygens (including phenoxy) is 1. The highest BCUT2D eigenvalue weighted by Crippen LogP contribution is 2.38. The molecular weight excluding hydrogens is 332 g/mol. The first-order chi connectivity index (χ1) is 12.5. The van der Waals surface area contributed by atoms with Gasteiger partial charge in [0.1, 0.15) is 6.61 Å². The molecule has 2 aromatic heterocycles. The largest absolute Gasteiger partial charge is 0.458 e. The molecule has 0 saturated heterocycles. The SMILES string of the molecule is CC[C@]1(O)C(=O)OCc2c1cc1n(c2=O)Cc2cc3ccccc3nc2-1. The Morgan fingerprint density at radius 1 is 1.27 bits per heavy atom. The number of nitrogens with zero attached hydrogens (tertiary/aromatic N) is 2. The lowest BCUT2D eigenvalue weighted by Crippen LogP contribution is -2.44. The number of hydrogen-bond donors (Lipinski definition) is 1. The van der Waals surface area contributed by atoms with E-state index in [1.165, 1.54) is 0 Å². The Labute approximate surface area is 148 Å². The molecule has 0 radical (unpaired) electrons.